The number of aromatic nitrogens is 1. The van der Waals surface area contributed by atoms with Crippen molar-refractivity contribution < 1.29 is 4.74 Å². The first-order valence-electron chi connectivity index (χ1n) is 10.8. The minimum absolute atomic E-state index is 0.113. The van der Waals surface area contributed by atoms with Crippen LogP contribution in [0.15, 0.2) is 53.3 Å². The zero-order valence-electron chi connectivity index (χ0n) is 18.1. The van der Waals surface area contributed by atoms with E-state index in [0.29, 0.717) is 24.5 Å². The zero-order chi connectivity index (χ0) is 21.1. The van der Waals surface area contributed by atoms with E-state index in [1.807, 2.05) is 31.2 Å². The van der Waals surface area contributed by atoms with E-state index in [1.165, 1.54) is 5.69 Å². The molecule has 5 nitrogen and oxygen atoms in total. The van der Waals surface area contributed by atoms with Gasteiger partial charge in [-0.15, -0.1) is 0 Å². The van der Waals surface area contributed by atoms with Crippen molar-refractivity contribution in [2.24, 2.45) is 5.92 Å². The summed E-state index contributed by atoms with van der Waals surface area (Å²) in [5.41, 5.74) is 4.06. The molecule has 0 saturated carbocycles. The summed E-state index contributed by atoms with van der Waals surface area (Å²) in [5.74, 6) is 1.20. The number of H-pyrrole nitrogens is 1. The molecule has 3 aromatic rings. The summed E-state index contributed by atoms with van der Waals surface area (Å²) in [7, 11) is 0. The highest BCUT2D eigenvalue weighted by atomic mass is 16.5. The lowest BCUT2D eigenvalue weighted by Gasteiger charge is -2.36. The molecular weight excluding hydrogens is 374 g/mol. The molecule has 158 valence electrons. The average molecular weight is 406 g/mol. The van der Waals surface area contributed by atoms with Gasteiger partial charge in [-0.1, -0.05) is 32.0 Å². The highest BCUT2D eigenvalue weighted by Gasteiger charge is 2.20. The van der Waals surface area contributed by atoms with Gasteiger partial charge in [0.15, 0.2) is 5.43 Å². The number of pyridine rings is 1. The summed E-state index contributed by atoms with van der Waals surface area (Å²) in [6.07, 6.45) is 0. The normalized spacial score (nSPS) is 15.1. The third-order valence-corrected chi connectivity index (χ3v) is 5.74. The Morgan fingerprint density at radius 2 is 1.77 bits per heavy atom. The molecule has 2 aromatic carbocycles. The van der Waals surface area contributed by atoms with Gasteiger partial charge < -0.3 is 14.6 Å². The number of hydrogen-bond donors (Lipinski definition) is 1. The standard InChI is InChI=1S/C25H31N3O2/c1-18(2)17-30-21-9-10-24-22(15-21)25(29)23(19(3)26-24)16-27-11-13-28(14-12-27)20-7-5-4-6-8-20/h4-10,15,18H,11-14,16-17H2,1-3H3,(H,26,29). The van der Waals surface area contributed by atoms with Gasteiger partial charge in [-0.3, -0.25) is 9.69 Å². The smallest absolute Gasteiger partial charge is 0.194 e. The van der Waals surface area contributed by atoms with Crippen molar-refractivity contribution >= 4 is 16.6 Å². The molecule has 2 heterocycles. The largest absolute Gasteiger partial charge is 0.493 e. The Hall–Kier alpha value is -2.79. The molecule has 1 fully saturated rings. The molecule has 0 bridgehead atoms. The molecule has 5 heteroatoms. The first-order chi connectivity index (χ1) is 14.5. The average Bonchev–Trinajstić information content (AvgIpc) is 2.76. The highest BCUT2D eigenvalue weighted by Crippen LogP contribution is 2.21. The van der Waals surface area contributed by atoms with Crippen LogP contribution >= 0.6 is 0 Å². The molecular formula is C25H31N3O2. The number of fused-ring (bicyclic) bond motifs is 1. The van der Waals surface area contributed by atoms with Crippen molar-refractivity contribution in [2.75, 3.05) is 37.7 Å². The number of hydrogen-bond acceptors (Lipinski definition) is 4. The van der Waals surface area contributed by atoms with Crippen molar-refractivity contribution in [3.8, 4) is 5.75 Å². The lowest BCUT2D eigenvalue weighted by Crippen LogP contribution is -2.46. The van der Waals surface area contributed by atoms with Crippen LogP contribution in [0.4, 0.5) is 5.69 Å². The van der Waals surface area contributed by atoms with E-state index in [4.69, 9.17) is 4.74 Å². The van der Waals surface area contributed by atoms with Crippen molar-refractivity contribution in [1.29, 1.82) is 0 Å². The van der Waals surface area contributed by atoms with Gasteiger partial charge in [-0.2, -0.15) is 0 Å². The second-order valence-electron chi connectivity index (χ2n) is 8.57. The third kappa shape index (κ3) is 4.51. The third-order valence-electron chi connectivity index (χ3n) is 5.74. The van der Waals surface area contributed by atoms with Crippen molar-refractivity contribution in [2.45, 2.75) is 27.3 Å². The minimum Gasteiger partial charge on any atom is -0.493 e. The van der Waals surface area contributed by atoms with Gasteiger partial charge >= 0.3 is 0 Å². The van der Waals surface area contributed by atoms with E-state index in [2.05, 4.69) is 52.9 Å². The van der Waals surface area contributed by atoms with Gasteiger partial charge in [0.25, 0.3) is 0 Å². The Morgan fingerprint density at radius 1 is 1.03 bits per heavy atom. The van der Waals surface area contributed by atoms with Crippen LogP contribution in [-0.4, -0.2) is 42.7 Å². The quantitative estimate of drug-likeness (QED) is 0.668. The van der Waals surface area contributed by atoms with E-state index >= 15 is 0 Å². The summed E-state index contributed by atoms with van der Waals surface area (Å²) < 4.78 is 5.84. The topological polar surface area (TPSA) is 48.6 Å². The number of rotatable bonds is 6. The maximum atomic E-state index is 13.3. The number of para-hydroxylation sites is 1. The lowest BCUT2D eigenvalue weighted by atomic mass is 10.1. The molecule has 1 saturated heterocycles. The molecule has 4 rings (SSSR count). The summed E-state index contributed by atoms with van der Waals surface area (Å²) in [6, 6.07) is 16.3. The number of ether oxygens (including phenoxy) is 1. The zero-order valence-corrected chi connectivity index (χ0v) is 18.1. The summed E-state index contributed by atoms with van der Waals surface area (Å²) >= 11 is 0. The maximum Gasteiger partial charge on any atom is 0.194 e. The molecule has 1 aliphatic heterocycles. The van der Waals surface area contributed by atoms with Crippen LogP contribution in [0.25, 0.3) is 10.9 Å². The Morgan fingerprint density at radius 3 is 2.47 bits per heavy atom. The number of benzene rings is 2. The summed E-state index contributed by atoms with van der Waals surface area (Å²) in [5, 5.41) is 0.708. The highest BCUT2D eigenvalue weighted by molar-refractivity contribution is 5.81. The predicted octanol–water partition coefficient (Wildman–Crippen LogP) is 4.19. The number of aromatic amines is 1. The van der Waals surface area contributed by atoms with E-state index in [-0.39, 0.29) is 5.43 Å². The SMILES string of the molecule is Cc1[nH]c2ccc(OCC(C)C)cc2c(=O)c1CN1CCN(c2ccccc2)CC1. The number of aryl methyl sites for hydroxylation is 1. The number of piperazine rings is 1. The fourth-order valence-electron chi connectivity index (χ4n) is 4.00. The van der Waals surface area contributed by atoms with Crippen LogP contribution in [0, 0.1) is 12.8 Å². The monoisotopic (exact) mass is 405 g/mol. The number of nitrogens with zero attached hydrogens (tertiary/aromatic N) is 2. The van der Waals surface area contributed by atoms with Crippen LogP contribution in [0.5, 0.6) is 5.75 Å². The Balaban J connectivity index is 1.50. The molecule has 0 amide bonds. The molecule has 1 N–H and O–H groups in total. The van der Waals surface area contributed by atoms with E-state index in [1.54, 1.807) is 0 Å². The van der Waals surface area contributed by atoms with Gasteiger partial charge in [-0.05, 0) is 43.2 Å². The van der Waals surface area contributed by atoms with E-state index in [0.717, 1.165) is 48.7 Å². The molecule has 0 atom stereocenters. The number of anilines is 1. The molecule has 0 aliphatic carbocycles. The van der Waals surface area contributed by atoms with Crippen LogP contribution < -0.4 is 15.1 Å². The molecule has 0 unspecified atom stereocenters. The Bertz CT molecular complexity index is 1050. The van der Waals surface area contributed by atoms with Crippen molar-refractivity contribution in [3.05, 3.63) is 70.0 Å². The first-order valence-corrected chi connectivity index (χ1v) is 10.8. The van der Waals surface area contributed by atoms with Gasteiger partial charge in [-0.25, -0.2) is 0 Å². The van der Waals surface area contributed by atoms with Gasteiger partial charge in [0.2, 0.25) is 0 Å². The van der Waals surface area contributed by atoms with Crippen LogP contribution in [-0.2, 0) is 6.54 Å². The Labute approximate surface area is 178 Å². The fraction of sp³-hybridized carbons (Fsp3) is 0.400. The van der Waals surface area contributed by atoms with Crippen LogP contribution in [0.1, 0.15) is 25.1 Å². The second kappa shape index (κ2) is 8.92. The van der Waals surface area contributed by atoms with E-state index in [9.17, 15) is 4.79 Å². The van der Waals surface area contributed by atoms with Crippen LogP contribution in [0.3, 0.4) is 0 Å². The van der Waals surface area contributed by atoms with Gasteiger partial charge in [0, 0.05) is 60.6 Å². The van der Waals surface area contributed by atoms with Gasteiger partial charge in [0.1, 0.15) is 5.75 Å². The van der Waals surface area contributed by atoms with Crippen molar-refractivity contribution in [3.63, 3.8) is 0 Å². The molecule has 30 heavy (non-hydrogen) atoms. The van der Waals surface area contributed by atoms with Crippen LogP contribution in [0.2, 0.25) is 0 Å². The second-order valence-corrected chi connectivity index (χ2v) is 8.57. The Kier molecular flexibility index (Phi) is 6.09. The molecule has 0 radical (unpaired) electrons. The van der Waals surface area contributed by atoms with Crippen molar-refractivity contribution in [1.82, 2.24) is 9.88 Å². The summed E-state index contributed by atoms with van der Waals surface area (Å²) in [6.45, 7) is 11.4. The lowest BCUT2D eigenvalue weighted by molar-refractivity contribution is 0.248. The summed E-state index contributed by atoms with van der Waals surface area (Å²) in [4.78, 5) is 21.5. The first kappa shape index (κ1) is 20.5. The van der Waals surface area contributed by atoms with Gasteiger partial charge in [0.05, 0.1) is 6.61 Å². The molecule has 1 aliphatic rings. The maximum absolute atomic E-state index is 13.3. The molecule has 1 aromatic heterocycles. The fourth-order valence-corrected chi connectivity index (χ4v) is 4.00. The van der Waals surface area contributed by atoms with E-state index < -0.39 is 0 Å². The minimum atomic E-state index is 0.113. The molecule has 0 spiro atoms. The number of nitrogens with one attached hydrogen (secondary N) is 1. The predicted molar refractivity (Wildman–Crippen MR) is 124 cm³/mol.